The van der Waals surface area contributed by atoms with Crippen molar-refractivity contribution in [3.8, 4) is 0 Å². The number of pyridine rings is 3. The largest absolute Gasteiger partial charge is 0.383 e. The first-order valence-corrected chi connectivity index (χ1v) is 6.60. The summed E-state index contributed by atoms with van der Waals surface area (Å²) in [5, 5.41) is 1.57. The Hall–Kier alpha value is -2.47. The van der Waals surface area contributed by atoms with Crippen LogP contribution >= 0.6 is 0 Å². The van der Waals surface area contributed by atoms with Gasteiger partial charge in [-0.3, -0.25) is 14.6 Å². The lowest BCUT2D eigenvalue weighted by atomic mass is 10.1. The average molecular weight is 285 g/mol. The summed E-state index contributed by atoms with van der Waals surface area (Å²) in [7, 11) is 3.26. The van der Waals surface area contributed by atoms with E-state index < -0.39 is 0 Å². The van der Waals surface area contributed by atoms with E-state index in [4.69, 9.17) is 4.74 Å². The third kappa shape index (κ3) is 2.13. The third-order valence-electron chi connectivity index (χ3n) is 3.59. The number of aryl methyl sites for hydroxylation is 1. The molecule has 0 amide bonds. The molecule has 3 rings (SSSR count). The Kier molecular flexibility index (Phi) is 3.31. The van der Waals surface area contributed by atoms with Crippen LogP contribution in [0, 0.1) is 0 Å². The minimum atomic E-state index is -0.159. The summed E-state index contributed by atoms with van der Waals surface area (Å²) in [5.41, 5.74) is 0.277. The standard InChI is InChI=1S/C15H15N3O3/c1-17-5-3-10-11(14(17)19)9-16-12-4-6-18(7-8-21-2)15(20)13(10)12/h3-6,9H,7-8H2,1-2H3. The predicted octanol–water partition coefficient (Wildman–Crippen LogP) is 0.895. The lowest BCUT2D eigenvalue weighted by Crippen LogP contribution is -2.23. The van der Waals surface area contributed by atoms with E-state index in [2.05, 4.69) is 4.98 Å². The van der Waals surface area contributed by atoms with Gasteiger partial charge < -0.3 is 13.9 Å². The second-order valence-electron chi connectivity index (χ2n) is 4.88. The summed E-state index contributed by atoms with van der Waals surface area (Å²) < 4.78 is 8.05. The van der Waals surface area contributed by atoms with Crippen LogP contribution in [0.2, 0.25) is 0 Å². The zero-order valence-electron chi connectivity index (χ0n) is 11.9. The van der Waals surface area contributed by atoms with Crippen LogP contribution in [0.3, 0.4) is 0 Å². The van der Waals surface area contributed by atoms with Crippen LogP contribution in [0.15, 0.2) is 40.3 Å². The zero-order valence-corrected chi connectivity index (χ0v) is 11.9. The van der Waals surface area contributed by atoms with Crippen molar-refractivity contribution in [1.82, 2.24) is 14.1 Å². The lowest BCUT2D eigenvalue weighted by Gasteiger charge is -2.08. The quantitative estimate of drug-likeness (QED) is 0.670. The van der Waals surface area contributed by atoms with E-state index in [0.717, 1.165) is 0 Å². The summed E-state index contributed by atoms with van der Waals surface area (Å²) in [6.45, 7) is 0.915. The molecule has 0 atom stereocenters. The van der Waals surface area contributed by atoms with E-state index in [1.807, 2.05) is 0 Å². The second-order valence-corrected chi connectivity index (χ2v) is 4.88. The summed E-state index contributed by atoms with van der Waals surface area (Å²) in [6, 6.07) is 3.56. The minimum Gasteiger partial charge on any atom is -0.383 e. The monoisotopic (exact) mass is 285 g/mol. The molecule has 0 saturated heterocycles. The summed E-state index contributed by atoms with van der Waals surface area (Å²) in [5.74, 6) is 0. The van der Waals surface area contributed by atoms with E-state index in [-0.39, 0.29) is 11.1 Å². The number of nitrogens with zero attached hydrogens (tertiary/aromatic N) is 3. The Labute approximate surface area is 120 Å². The van der Waals surface area contributed by atoms with Crippen LogP contribution in [0.1, 0.15) is 0 Å². The molecular weight excluding hydrogens is 270 g/mol. The molecule has 0 aliphatic carbocycles. The lowest BCUT2D eigenvalue weighted by molar-refractivity contribution is 0.186. The van der Waals surface area contributed by atoms with Crippen molar-refractivity contribution in [2.45, 2.75) is 6.54 Å². The van der Waals surface area contributed by atoms with E-state index in [0.29, 0.717) is 34.8 Å². The van der Waals surface area contributed by atoms with Gasteiger partial charge in [-0.15, -0.1) is 0 Å². The van der Waals surface area contributed by atoms with Crippen molar-refractivity contribution in [1.29, 1.82) is 0 Å². The highest BCUT2D eigenvalue weighted by atomic mass is 16.5. The number of ether oxygens (including phenoxy) is 1. The van der Waals surface area contributed by atoms with Crippen LogP contribution < -0.4 is 11.1 Å². The number of fused-ring (bicyclic) bond motifs is 3. The SMILES string of the molecule is COCCn1ccc2ncc3c(=O)n(C)ccc3c2c1=O. The highest BCUT2D eigenvalue weighted by Crippen LogP contribution is 2.17. The van der Waals surface area contributed by atoms with Crippen LogP contribution in [-0.2, 0) is 18.3 Å². The highest BCUT2D eigenvalue weighted by molar-refractivity contribution is 6.04. The molecular formula is C15H15N3O3. The molecule has 6 nitrogen and oxygen atoms in total. The fraction of sp³-hybridized carbons (Fsp3) is 0.267. The first-order chi connectivity index (χ1) is 10.1. The topological polar surface area (TPSA) is 66.1 Å². The minimum absolute atomic E-state index is 0.157. The van der Waals surface area contributed by atoms with Gasteiger partial charge in [0, 0.05) is 44.7 Å². The van der Waals surface area contributed by atoms with Gasteiger partial charge in [0.1, 0.15) is 0 Å². The molecule has 3 aromatic heterocycles. The first kappa shape index (κ1) is 13.5. The fourth-order valence-corrected chi connectivity index (χ4v) is 2.42. The Bertz CT molecular complexity index is 940. The third-order valence-corrected chi connectivity index (χ3v) is 3.59. The number of rotatable bonds is 3. The molecule has 108 valence electrons. The number of hydrogen-bond donors (Lipinski definition) is 0. The molecule has 0 aromatic carbocycles. The van der Waals surface area contributed by atoms with Gasteiger partial charge in [0.2, 0.25) is 0 Å². The molecule has 0 aliphatic heterocycles. The van der Waals surface area contributed by atoms with Gasteiger partial charge >= 0.3 is 0 Å². The van der Waals surface area contributed by atoms with E-state index >= 15 is 0 Å². The Balaban J connectivity index is 2.40. The molecule has 3 heterocycles. The zero-order chi connectivity index (χ0) is 15.0. The van der Waals surface area contributed by atoms with Gasteiger partial charge in [0.15, 0.2) is 0 Å². The van der Waals surface area contributed by atoms with Gasteiger partial charge in [0.25, 0.3) is 11.1 Å². The predicted molar refractivity (Wildman–Crippen MR) is 80.6 cm³/mol. The molecule has 0 spiro atoms. The van der Waals surface area contributed by atoms with Crippen molar-refractivity contribution in [2.24, 2.45) is 7.05 Å². The Morgan fingerprint density at radius 3 is 2.71 bits per heavy atom. The smallest absolute Gasteiger partial charge is 0.260 e. The van der Waals surface area contributed by atoms with Crippen LogP contribution in [0.4, 0.5) is 0 Å². The molecule has 0 bridgehead atoms. The summed E-state index contributed by atoms with van der Waals surface area (Å²) >= 11 is 0. The fourth-order valence-electron chi connectivity index (χ4n) is 2.42. The van der Waals surface area contributed by atoms with E-state index in [1.54, 1.807) is 43.3 Å². The van der Waals surface area contributed by atoms with Crippen LogP contribution in [0.25, 0.3) is 21.7 Å². The number of aromatic nitrogens is 3. The van der Waals surface area contributed by atoms with Crippen LogP contribution in [-0.4, -0.2) is 27.8 Å². The first-order valence-electron chi connectivity index (χ1n) is 6.60. The molecule has 3 aromatic rings. The maximum absolute atomic E-state index is 12.6. The Morgan fingerprint density at radius 2 is 1.95 bits per heavy atom. The number of methoxy groups -OCH3 is 1. The molecule has 0 fully saturated rings. The molecule has 0 aliphatic rings. The van der Waals surface area contributed by atoms with E-state index in [1.165, 1.54) is 10.8 Å². The van der Waals surface area contributed by atoms with Gasteiger partial charge in [-0.2, -0.15) is 0 Å². The van der Waals surface area contributed by atoms with E-state index in [9.17, 15) is 9.59 Å². The summed E-state index contributed by atoms with van der Waals surface area (Å²) in [4.78, 5) is 29.0. The molecule has 21 heavy (non-hydrogen) atoms. The van der Waals surface area contributed by atoms with Crippen molar-refractivity contribution in [2.75, 3.05) is 13.7 Å². The Morgan fingerprint density at radius 1 is 1.14 bits per heavy atom. The van der Waals surface area contributed by atoms with Crippen molar-refractivity contribution in [3.63, 3.8) is 0 Å². The molecule has 0 radical (unpaired) electrons. The molecule has 0 unspecified atom stereocenters. The van der Waals surface area contributed by atoms with Gasteiger partial charge in [0.05, 0.1) is 22.9 Å². The van der Waals surface area contributed by atoms with Crippen LogP contribution in [0.5, 0.6) is 0 Å². The maximum Gasteiger partial charge on any atom is 0.260 e. The van der Waals surface area contributed by atoms with Crippen molar-refractivity contribution in [3.05, 3.63) is 51.4 Å². The van der Waals surface area contributed by atoms with Gasteiger partial charge in [-0.25, -0.2) is 0 Å². The van der Waals surface area contributed by atoms with Gasteiger partial charge in [-0.05, 0) is 12.1 Å². The average Bonchev–Trinajstić information content (AvgIpc) is 2.50. The number of hydrogen-bond acceptors (Lipinski definition) is 4. The van der Waals surface area contributed by atoms with Crippen molar-refractivity contribution < 1.29 is 4.74 Å². The maximum atomic E-state index is 12.6. The molecule has 6 heteroatoms. The molecule has 0 saturated carbocycles. The summed E-state index contributed by atoms with van der Waals surface area (Å²) in [6.07, 6.45) is 4.89. The molecule has 0 N–H and O–H groups in total. The van der Waals surface area contributed by atoms with Crippen molar-refractivity contribution >= 4 is 21.7 Å². The normalized spacial score (nSPS) is 11.3. The highest BCUT2D eigenvalue weighted by Gasteiger charge is 2.10. The second kappa shape index (κ2) is 5.14. The van der Waals surface area contributed by atoms with Gasteiger partial charge in [-0.1, -0.05) is 0 Å².